The molecular weight excluding hydrogens is 258 g/mol. The average Bonchev–Trinajstić information content (AvgIpc) is 2.82. The van der Waals surface area contributed by atoms with Gasteiger partial charge in [-0.15, -0.1) is 0 Å². The number of rotatable bonds is 4. The fraction of sp³-hybridized carbons (Fsp3) is 0.500. The number of pyridine rings is 1. The fourth-order valence-electron chi connectivity index (χ4n) is 2.50. The first-order valence-electron chi connectivity index (χ1n) is 6.77. The second-order valence-electron chi connectivity index (χ2n) is 5.05. The number of hydrogen-bond donors (Lipinski definition) is 2. The summed E-state index contributed by atoms with van der Waals surface area (Å²) in [5.41, 5.74) is 0.900. The van der Waals surface area contributed by atoms with Crippen LogP contribution >= 0.6 is 0 Å². The van der Waals surface area contributed by atoms with Gasteiger partial charge in [0, 0.05) is 31.4 Å². The van der Waals surface area contributed by atoms with E-state index in [1.165, 1.54) is 4.90 Å². The molecule has 1 aromatic heterocycles. The minimum atomic E-state index is -0.935. The summed E-state index contributed by atoms with van der Waals surface area (Å²) < 4.78 is 0. The lowest BCUT2D eigenvalue weighted by atomic mass is 10.0. The van der Waals surface area contributed by atoms with Crippen LogP contribution in [0, 0.1) is 5.92 Å². The SMILES string of the molecule is CC1CCN(C(=O)NCCc2ccccn2)C1C(=O)O. The highest BCUT2D eigenvalue weighted by Gasteiger charge is 2.39. The van der Waals surface area contributed by atoms with Crippen molar-refractivity contribution in [1.82, 2.24) is 15.2 Å². The molecule has 2 rings (SSSR count). The zero-order valence-electron chi connectivity index (χ0n) is 11.5. The number of likely N-dealkylation sites (tertiary alicyclic amines) is 1. The Balaban J connectivity index is 1.84. The van der Waals surface area contributed by atoms with Gasteiger partial charge in [-0.25, -0.2) is 9.59 Å². The van der Waals surface area contributed by atoms with Crippen LogP contribution in [0.5, 0.6) is 0 Å². The van der Waals surface area contributed by atoms with E-state index in [-0.39, 0.29) is 11.9 Å². The molecule has 2 amide bonds. The Bertz CT molecular complexity index is 478. The number of nitrogens with zero attached hydrogens (tertiary/aromatic N) is 2. The standard InChI is InChI=1S/C14H19N3O3/c1-10-6-9-17(12(10)13(18)19)14(20)16-8-5-11-4-2-3-7-15-11/h2-4,7,10,12H,5-6,8-9H2,1H3,(H,16,20)(H,18,19). The van der Waals surface area contributed by atoms with Gasteiger partial charge in [-0.3, -0.25) is 4.98 Å². The average molecular weight is 277 g/mol. The quantitative estimate of drug-likeness (QED) is 0.864. The zero-order chi connectivity index (χ0) is 14.5. The second kappa shape index (κ2) is 6.36. The number of urea groups is 1. The molecule has 1 aliphatic heterocycles. The van der Waals surface area contributed by atoms with E-state index in [9.17, 15) is 14.7 Å². The van der Waals surface area contributed by atoms with Crippen molar-refractivity contribution in [2.24, 2.45) is 5.92 Å². The second-order valence-corrected chi connectivity index (χ2v) is 5.05. The Kier molecular flexibility index (Phi) is 4.55. The lowest BCUT2D eigenvalue weighted by Gasteiger charge is -2.23. The van der Waals surface area contributed by atoms with Gasteiger partial charge in [0.25, 0.3) is 0 Å². The molecule has 2 heterocycles. The summed E-state index contributed by atoms with van der Waals surface area (Å²) in [5.74, 6) is -0.941. The molecule has 108 valence electrons. The topological polar surface area (TPSA) is 82.5 Å². The van der Waals surface area contributed by atoms with Gasteiger partial charge < -0.3 is 15.3 Å². The zero-order valence-corrected chi connectivity index (χ0v) is 11.5. The van der Waals surface area contributed by atoms with Crippen molar-refractivity contribution in [3.63, 3.8) is 0 Å². The van der Waals surface area contributed by atoms with E-state index < -0.39 is 12.0 Å². The summed E-state index contributed by atoms with van der Waals surface area (Å²) in [6, 6.07) is 4.60. The van der Waals surface area contributed by atoms with E-state index in [4.69, 9.17) is 0 Å². The van der Waals surface area contributed by atoms with E-state index in [0.29, 0.717) is 19.5 Å². The summed E-state index contributed by atoms with van der Waals surface area (Å²) in [4.78, 5) is 28.8. The van der Waals surface area contributed by atoms with E-state index >= 15 is 0 Å². The molecule has 1 aliphatic rings. The number of amides is 2. The van der Waals surface area contributed by atoms with Crippen LogP contribution in [-0.2, 0) is 11.2 Å². The van der Waals surface area contributed by atoms with Crippen molar-refractivity contribution in [2.45, 2.75) is 25.8 Å². The van der Waals surface area contributed by atoms with Crippen molar-refractivity contribution in [2.75, 3.05) is 13.1 Å². The van der Waals surface area contributed by atoms with Crippen LogP contribution in [0.1, 0.15) is 19.0 Å². The largest absolute Gasteiger partial charge is 0.480 e. The number of aromatic nitrogens is 1. The van der Waals surface area contributed by atoms with Crippen LogP contribution < -0.4 is 5.32 Å². The van der Waals surface area contributed by atoms with Crippen LogP contribution in [0.2, 0.25) is 0 Å². The van der Waals surface area contributed by atoms with Crippen molar-refractivity contribution >= 4 is 12.0 Å². The molecule has 20 heavy (non-hydrogen) atoms. The molecule has 6 heteroatoms. The first kappa shape index (κ1) is 14.3. The highest BCUT2D eigenvalue weighted by Crippen LogP contribution is 2.23. The van der Waals surface area contributed by atoms with Crippen LogP contribution in [0.15, 0.2) is 24.4 Å². The molecule has 2 unspecified atom stereocenters. The molecule has 6 nitrogen and oxygen atoms in total. The Morgan fingerprint density at radius 1 is 1.50 bits per heavy atom. The minimum Gasteiger partial charge on any atom is -0.480 e. The number of carboxylic acids is 1. The lowest BCUT2D eigenvalue weighted by molar-refractivity contribution is -0.142. The third-order valence-corrected chi connectivity index (χ3v) is 3.60. The normalized spacial score (nSPS) is 21.8. The van der Waals surface area contributed by atoms with Crippen molar-refractivity contribution in [3.8, 4) is 0 Å². The summed E-state index contributed by atoms with van der Waals surface area (Å²) in [5, 5.41) is 11.9. The van der Waals surface area contributed by atoms with Crippen molar-refractivity contribution in [1.29, 1.82) is 0 Å². The van der Waals surface area contributed by atoms with Gasteiger partial charge in [-0.2, -0.15) is 0 Å². The highest BCUT2D eigenvalue weighted by atomic mass is 16.4. The molecular formula is C14H19N3O3. The first-order chi connectivity index (χ1) is 9.59. The minimum absolute atomic E-state index is 0.00552. The number of nitrogens with one attached hydrogen (secondary N) is 1. The molecule has 1 fully saturated rings. The Morgan fingerprint density at radius 2 is 2.30 bits per heavy atom. The first-order valence-corrected chi connectivity index (χ1v) is 6.77. The van der Waals surface area contributed by atoms with Crippen molar-refractivity contribution < 1.29 is 14.7 Å². The third kappa shape index (κ3) is 3.26. The molecule has 0 radical (unpaired) electrons. The summed E-state index contributed by atoms with van der Waals surface area (Å²) >= 11 is 0. The third-order valence-electron chi connectivity index (χ3n) is 3.60. The van der Waals surface area contributed by atoms with Gasteiger partial charge in [-0.05, 0) is 24.5 Å². The monoisotopic (exact) mass is 277 g/mol. The number of carboxylic acid groups (broad SMARTS) is 1. The van der Waals surface area contributed by atoms with Gasteiger partial charge in [0.1, 0.15) is 6.04 Å². The number of aliphatic carboxylic acids is 1. The van der Waals surface area contributed by atoms with Crippen LogP contribution in [0.3, 0.4) is 0 Å². The van der Waals surface area contributed by atoms with E-state index in [1.807, 2.05) is 25.1 Å². The van der Waals surface area contributed by atoms with Gasteiger partial charge in [0.15, 0.2) is 0 Å². The lowest BCUT2D eigenvalue weighted by Crippen LogP contribution is -2.47. The van der Waals surface area contributed by atoms with Crippen LogP contribution in [0.25, 0.3) is 0 Å². The van der Waals surface area contributed by atoms with E-state index in [0.717, 1.165) is 12.1 Å². The Morgan fingerprint density at radius 3 is 2.95 bits per heavy atom. The molecule has 0 spiro atoms. The number of carbonyl (C=O) groups is 2. The molecule has 0 bridgehead atoms. The Hall–Kier alpha value is -2.11. The van der Waals surface area contributed by atoms with Crippen LogP contribution in [-0.4, -0.2) is 46.1 Å². The molecule has 2 N–H and O–H groups in total. The Labute approximate surface area is 117 Å². The summed E-state index contributed by atoms with van der Waals surface area (Å²) in [6.45, 7) is 2.81. The fourth-order valence-corrected chi connectivity index (χ4v) is 2.50. The van der Waals surface area contributed by atoms with Gasteiger partial charge in [-0.1, -0.05) is 13.0 Å². The van der Waals surface area contributed by atoms with E-state index in [2.05, 4.69) is 10.3 Å². The smallest absolute Gasteiger partial charge is 0.326 e. The maximum atomic E-state index is 12.0. The predicted octanol–water partition coefficient (Wildman–Crippen LogP) is 1.13. The van der Waals surface area contributed by atoms with Gasteiger partial charge >= 0.3 is 12.0 Å². The van der Waals surface area contributed by atoms with Gasteiger partial charge in [0.2, 0.25) is 0 Å². The van der Waals surface area contributed by atoms with Crippen molar-refractivity contribution in [3.05, 3.63) is 30.1 Å². The van der Waals surface area contributed by atoms with E-state index in [1.54, 1.807) is 6.20 Å². The maximum Gasteiger partial charge on any atom is 0.326 e. The maximum absolute atomic E-state index is 12.0. The predicted molar refractivity (Wildman–Crippen MR) is 73.3 cm³/mol. The van der Waals surface area contributed by atoms with Gasteiger partial charge in [0.05, 0.1) is 0 Å². The molecule has 1 aromatic rings. The van der Waals surface area contributed by atoms with Crippen LogP contribution in [0.4, 0.5) is 4.79 Å². The number of hydrogen-bond acceptors (Lipinski definition) is 3. The number of carbonyl (C=O) groups excluding carboxylic acids is 1. The molecule has 1 saturated heterocycles. The molecule has 2 atom stereocenters. The summed E-state index contributed by atoms with van der Waals surface area (Å²) in [7, 11) is 0. The molecule has 0 aromatic carbocycles. The molecule has 0 aliphatic carbocycles. The molecule has 0 saturated carbocycles. The summed E-state index contributed by atoms with van der Waals surface area (Å²) in [6.07, 6.45) is 3.07. The highest BCUT2D eigenvalue weighted by molar-refractivity contribution is 5.83.